The molecule has 4 rings (SSSR count). The van der Waals surface area contributed by atoms with Crippen LogP contribution in [0.25, 0.3) is 10.2 Å². The van der Waals surface area contributed by atoms with Crippen LogP contribution in [0.1, 0.15) is 23.2 Å². The molecule has 3 aromatic rings. The summed E-state index contributed by atoms with van der Waals surface area (Å²) < 4.78 is 33.5. The molecule has 0 saturated carbocycles. The number of likely N-dealkylation sites (tertiary alicyclic amines) is 1. The predicted molar refractivity (Wildman–Crippen MR) is 107 cm³/mol. The monoisotopic (exact) mass is 420 g/mol. The first-order valence-electron chi connectivity index (χ1n) is 8.89. The lowest BCUT2D eigenvalue weighted by atomic mass is 10.1. The highest BCUT2D eigenvalue weighted by molar-refractivity contribution is 7.98. The largest absolute Gasteiger partial charge is 0.467 e. The number of ether oxygens (including phenoxy) is 1. The number of halogens is 2. The quantitative estimate of drug-likeness (QED) is 0.559. The molecule has 0 N–H and O–H groups in total. The summed E-state index contributed by atoms with van der Waals surface area (Å²) in [6.45, 7) is 1.17. The van der Waals surface area contributed by atoms with Crippen molar-refractivity contribution in [2.45, 2.75) is 23.8 Å². The van der Waals surface area contributed by atoms with E-state index in [1.54, 1.807) is 11.8 Å². The zero-order valence-corrected chi connectivity index (χ0v) is 16.8. The molecule has 146 valence electrons. The second-order valence-corrected chi connectivity index (χ2v) is 8.37. The van der Waals surface area contributed by atoms with E-state index >= 15 is 0 Å². The summed E-state index contributed by atoms with van der Waals surface area (Å²) in [5.41, 5.74) is 0.848. The standard InChI is InChI=1S/C20H18F2N2O2S2/c1-27-16-5-3-2-4-14(16)19(25)24-8-6-13(7-9-24)26-20-23-18-15(22)10-12(21)11-17(18)28-20/h2-5,10-11,13H,6-9H2,1H3. The van der Waals surface area contributed by atoms with Gasteiger partial charge in [0, 0.05) is 36.9 Å². The van der Waals surface area contributed by atoms with Gasteiger partial charge in [-0.05, 0) is 24.5 Å². The molecule has 1 amide bonds. The maximum Gasteiger partial charge on any atom is 0.274 e. The van der Waals surface area contributed by atoms with Crippen LogP contribution in [0.2, 0.25) is 0 Å². The van der Waals surface area contributed by atoms with E-state index in [0.717, 1.165) is 27.9 Å². The number of thiazole rings is 1. The number of nitrogens with zero attached hydrogens (tertiary/aromatic N) is 2. The minimum atomic E-state index is -0.686. The minimum Gasteiger partial charge on any atom is -0.467 e. The van der Waals surface area contributed by atoms with Crippen LogP contribution in [0.3, 0.4) is 0 Å². The Labute approximate surface area is 169 Å². The van der Waals surface area contributed by atoms with Crippen LogP contribution in [-0.2, 0) is 0 Å². The van der Waals surface area contributed by atoms with Crippen LogP contribution in [-0.4, -0.2) is 41.2 Å². The zero-order valence-electron chi connectivity index (χ0n) is 15.2. The molecule has 1 aliphatic rings. The Morgan fingerprint density at radius 2 is 2.00 bits per heavy atom. The fourth-order valence-electron chi connectivity index (χ4n) is 3.30. The smallest absolute Gasteiger partial charge is 0.274 e. The van der Waals surface area contributed by atoms with Gasteiger partial charge in [-0.2, -0.15) is 4.98 Å². The fourth-order valence-corrected chi connectivity index (χ4v) is 4.81. The molecular weight excluding hydrogens is 402 g/mol. The molecule has 4 nitrogen and oxygen atoms in total. The molecule has 0 bridgehead atoms. The summed E-state index contributed by atoms with van der Waals surface area (Å²) in [4.78, 5) is 19.8. The van der Waals surface area contributed by atoms with Crippen molar-refractivity contribution in [3.63, 3.8) is 0 Å². The number of carbonyl (C=O) groups is 1. The van der Waals surface area contributed by atoms with E-state index in [1.165, 1.54) is 6.07 Å². The lowest BCUT2D eigenvalue weighted by molar-refractivity contribution is 0.0592. The van der Waals surface area contributed by atoms with E-state index in [1.807, 2.05) is 35.4 Å². The topological polar surface area (TPSA) is 42.4 Å². The zero-order chi connectivity index (χ0) is 19.7. The Bertz CT molecular complexity index is 1020. The van der Waals surface area contributed by atoms with Gasteiger partial charge >= 0.3 is 0 Å². The van der Waals surface area contributed by atoms with Gasteiger partial charge in [-0.3, -0.25) is 4.79 Å². The maximum atomic E-state index is 13.8. The van der Waals surface area contributed by atoms with Crippen LogP contribution in [0.5, 0.6) is 5.19 Å². The highest BCUT2D eigenvalue weighted by Crippen LogP contribution is 2.32. The van der Waals surface area contributed by atoms with Crippen molar-refractivity contribution in [3.8, 4) is 5.19 Å². The highest BCUT2D eigenvalue weighted by Gasteiger charge is 2.26. The van der Waals surface area contributed by atoms with Gasteiger partial charge in [0.15, 0.2) is 5.82 Å². The third-order valence-electron chi connectivity index (χ3n) is 4.73. The predicted octanol–water partition coefficient (Wildman–Crippen LogP) is 4.98. The molecule has 2 aromatic carbocycles. The van der Waals surface area contributed by atoms with Crippen molar-refractivity contribution in [1.29, 1.82) is 0 Å². The van der Waals surface area contributed by atoms with Gasteiger partial charge < -0.3 is 9.64 Å². The maximum absolute atomic E-state index is 13.8. The summed E-state index contributed by atoms with van der Waals surface area (Å²) >= 11 is 2.69. The van der Waals surface area contributed by atoms with Crippen molar-refractivity contribution in [2.24, 2.45) is 0 Å². The molecule has 0 atom stereocenters. The molecule has 0 aliphatic carbocycles. The minimum absolute atomic E-state index is 0.0286. The second-order valence-electron chi connectivity index (χ2n) is 6.52. The Hall–Kier alpha value is -2.19. The number of hydrogen-bond acceptors (Lipinski definition) is 5. The number of piperidine rings is 1. The first kappa shape index (κ1) is 19.1. The molecular formula is C20H18F2N2O2S2. The van der Waals surface area contributed by atoms with Crippen LogP contribution in [0.15, 0.2) is 41.3 Å². The molecule has 28 heavy (non-hydrogen) atoms. The SMILES string of the molecule is CSc1ccccc1C(=O)N1CCC(Oc2nc3c(F)cc(F)cc3s2)CC1. The van der Waals surface area contributed by atoms with Gasteiger partial charge in [-0.15, -0.1) is 11.8 Å². The van der Waals surface area contributed by atoms with E-state index in [-0.39, 0.29) is 17.5 Å². The lowest BCUT2D eigenvalue weighted by Crippen LogP contribution is -2.41. The second kappa shape index (κ2) is 8.05. The molecule has 1 aliphatic heterocycles. The summed E-state index contributed by atoms with van der Waals surface area (Å²) in [5.74, 6) is -1.28. The van der Waals surface area contributed by atoms with Crippen LogP contribution >= 0.6 is 23.1 Å². The van der Waals surface area contributed by atoms with Gasteiger partial charge in [0.25, 0.3) is 11.1 Å². The van der Waals surface area contributed by atoms with Gasteiger partial charge in [0.05, 0.1) is 10.3 Å². The van der Waals surface area contributed by atoms with Crippen molar-refractivity contribution in [3.05, 3.63) is 53.6 Å². The van der Waals surface area contributed by atoms with Gasteiger partial charge in [0.1, 0.15) is 17.4 Å². The van der Waals surface area contributed by atoms with E-state index < -0.39 is 11.6 Å². The van der Waals surface area contributed by atoms with Crippen LogP contribution < -0.4 is 4.74 Å². The average Bonchev–Trinajstić information content (AvgIpc) is 3.10. The molecule has 1 saturated heterocycles. The van der Waals surface area contributed by atoms with Crippen molar-refractivity contribution < 1.29 is 18.3 Å². The Balaban J connectivity index is 1.40. The fraction of sp³-hybridized carbons (Fsp3) is 0.300. The molecule has 0 radical (unpaired) electrons. The van der Waals surface area contributed by atoms with E-state index in [4.69, 9.17) is 4.74 Å². The molecule has 0 spiro atoms. The highest BCUT2D eigenvalue weighted by atomic mass is 32.2. The van der Waals surface area contributed by atoms with E-state index in [2.05, 4.69) is 4.98 Å². The summed E-state index contributed by atoms with van der Waals surface area (Å²) in [7, 11) is 0. The number of fused-ring (bicyclic) bond motifs is 1. The van der Waals surface area contributed by atoms with Crippen molar-refractivity contribution >= 4 is 39.2 Å². The number of carbonyl (C=O) groups excluding carboxylic acids is 1. The number of amides is 1. The molecule has 2 heterocycles. The Morgan fingerprint density at radius 1 is 1.25 bits per heavy atom. The molecule has 1 aromatic heterocycles. The number of aromatic nitrogens is 1. The Morgan fingerprint density at radius 3 is 2.75 bits per heavy atom. The summed E-state index contributed by atoms with van der Waals surface area (Å²) in [5, 5.41) is 0.331. The number of benzene rings is 2. The van der Waals surface area contributed by atoms with E-state index in [9.17, 15) is 13.6 Å². The van der Waals surface area contributed by atoms with Gasteiger partial charge in [0.2, 0.25) is 0 Å². The molecule has 0 unspecified atom stereocenters. The van der Waals surface area contributed by atoms with E-state index in [0.29, 0.717) is 35.8 Å². The third-order valence-corrected chi connectivity index (χ3v) is 6.42. The normalized spacial score (nSPS) is 15.2. The number of hydrogen-bond donors (Lipinski definition) is 0. The first-order chi connectivity index (χ1) is 13.5. The van der Waals surface area contributed by atoms with Crippen molar-refractivity contribution in [2.75, 3.05) is 19.3 Å². The van der Waals surface area contributed by atoms with Crippen molar-refractivity contribution in [1.82, 2.24) is 9.88 Å². The number of thioether (sulfide) groups is 1. The molecule has 8 heteroatoms. The third kappa shape index (κ3) is 3.84. The van der Waals surface area contributed by atoms with Crippen LogP contribution in [0.4, 0.5) is 8.78 Å². The summed E-state index contributed by atoms with van der Waals surface area (Å²) in [6, 6.07) is 9.68. The number of rotatable bonds is 4. The van der Waals surface area contributed by atoms with Gasteiger partial charge in [-0.1, -0.05) is 23.5 Å². The summed E-state index contributed by atoms with van der Waals surface area (Å²) in [6.07, 6.45) is 3.19. The van der Waals surface area contributed by atoms with Gasteiger partial charge in [-0.25, -0.2) is 8.78 Å². The first-order valence-corrected chi connectivity index (χ1v) is 10.9. The lowest BCUT2D eigenvalue weighted by Gasteiger charge is -2.32. The average molecular weight is 421 g/mol. The Kier molecular flexibility index (Phi) is 5.50. The molecule has 1 fully saturated rings. The van der Waals surface area contributed by atoms with Crippen LogP contribution in [0, 0.1) is 11.6 Å².